The molecule has 0 saturated heterocycles. The lowest BCUT2D eigenvalue weighted by Crippen LogP contribution is -2.33. The van der Waals surface area contributed by atoms with Crippen LogP contribution in [0.3, 0.4) is 0 Å². The molecular weight excluding hydrogens is 358 g/mol. The predicted octanol–water partition coefficient (Wildman–Crippen LogP) is 3.12. The fourth-order valence-corrected chi connectivity index (χ4v) is 2.90. The Bertz CT molecular complexity index is 727. The van der Waals surface area contributed by atoms with Gasteiger partial charge in [0.2, 0.25) is 0 Å². The maximum absolute atomic E-state index is 12.3. The number of hydrogen-bond acceptors (Lipinski definition) is 3. The van der Waals surface area contributed by atoms with Crippen molar-refractivity contribution in [3.05, 3.63) is 64.1 Å². The normalized spacial score (nSPS) is 12.8. The van der Waals surface area contributed by atoms with E-state index in [1.807, 2.05) is 48.5 Å². The molecule has 0 atom stereocenters. The van der Waals surface area contributed by atoms with Gasteiger partial charge in [-0.3, -0.25) is 9.59 Å². The minimum Gasteiger partial charge on any atom is -0.455 e. The number of benzene rings is 2. The number of carbonyl (C=O) groups is 2. The van der Waals surface area contributed by atoms with Crippen LogP contribution in [0.1, 0.15) is 11.1 Å². The van der Waals surface area contributed by atoms with E-state index in [-0.39, 0.29) is 18.9 Å². The Hall–Kier alpha value is -2.14. The Morgan fingerprint density at radius 1 is 1.09 bits per heavy atom. The van der Waals surface area contributed by atoms with Crippen molar-refractivity contribution in [2.24, 2.45) is 0 Å². The fraction of sp³-hybridized carbons (Fsp3) is 0.222. The largest absolute Gasteiger partial charge is 0.455 e. The molecule has 0 N–H and O–H groups in total. The van der Waals surface area contributed by atoms with Crippen molar-refractivity contribution < 1.29 is 14.3 Å². The molecule has 0 radical (unpaired) electrons. The Labute approximate surface area is 143 Å². The number of rotatable bonds is 4. The van der Waals surface area contributed by atoms with Crippen LogP contribution in [0.2, 0.25) is 0 Å². The van der Waals surface area contributed by atoms with Gasteiger partial charge in [-0.2, -0.15) is 0 Å². The van der Waals surface area contributed by atoms with E-state index in [9.17, 15) is 9.59 Å². The lowest BCUT2D eigenvalue weighted by Gasteiger charge is -2.17. The molecule has 0 unspecified atom stereocenters. The van der Waals surface area contributed by atoms with E-state index >= 15 is 0 Å². The van der Waals surface area contributed by atoms with Gasteiger partial charge in [-0.25, -0.2) is 0 Å². The fourth-order valence-electron chi connectivity index (χ4n) is 2.64. The molecule has 118 valence electrons. The summed E-state index contributed by atoms with van der Waals surface area (Å²) in [6, 6.07) is 15.2. The molecule has 5 heteroatoms. The molecule has 2 aromatic rings. The zero-order chi connectivity index (χ0) is 16.2. The predicted molar refractivity (Wildman–Crippen MR) is 91.3 cm³/mol. The molecule has 23 heavy (non-hydrogen) atoms. The van der Waals surface area contributed by atoms with Crippen LogP contribution in [0, 0.1) is 0 Å². The lowest BCUT2D eigenvalue weighted by atomic mass is 10.2. The van der Waals surface area contributed by atoms with E-state index in [0.29, 0.717) is 6.54 Å². The number of nitrogens with zero attached hydrogens (tertiary/aromatic N) is 1. The monoisotopic (exact) mass is 373 g/mol. The summed E-state index contributed by atoms with van der Waals surface area (Å²) in [6.45, 7) is 0.423. The van der Waals surface area contributed by atoms with Gasteiger partial charge in [-0.05, 0) is 35.7 Å². The summed E-state index contributed by atoms with van der Waals surface area (Å²) >= 11 is 3.35. The molecule has 1 heterocycles. The van der Waals surface area contributed by atoms with Gasteiger partial charge in [-0.15, -0.1) is 0 Å². The summed E-state index contributed by atoms with van der Waals surface area (Å²) in [5.41, 5.74) is 2.93. The molecule has 1 aliphatic heterocycles. The van der Waals surface area contributed by atoms with Crippen LogP contribution in [0.4, 0.5) is 5.69 Å². The quantitative estimate of drug-likeness (QED) is 0.773. The van der Waals surface area contributed by atoms with Crippen molar-refractivity contribution >= 4 is 33.5 Å². The molecule has 1 aliphatic rings. The second-order valence-electron chi connectivity index (χ2n) is 5.39. The van der Waals surface area contributed by atoms with Crippen molar-refractivity contribution in [3.8, 4) is 0 Å². The van der Waals surface area contributed by atoms with E-state index < -0.39 is 5.97 Å². The molecule has 0 fully saturated rings. The van der Waals surface area contributed by atoms with Crippen LogP contribution in [-0.4, -0.2) is 25.0 Å². The summed E-state index contributed by atoms with van der Waals surface area (Å²) in [5.74, 6) is -0.577. The van der Waals surface area contributed by atoms with Crippen LogP contribution < -0.4 is 4.90 Å². The Balaban J connectivity index is 1.53. The number of halogens is 1. The van der Waals surface area contributed by atoms with Crippen LogP contribution in [-0.2, 0) is 27.2 Å². The molecule has 0 spiro atoms. The standard InChI is InChI=1S/C18H16BrNO3/c19-15-7-5-13(6-8-15)11-18(22)23-12-17(21)20-10-9-14-3-1-2-4-16(14)20/h1-8H,9-12H2. The van der Waals surface area contributed by atoms with Crippen LogP contribution in [0.15, 0.2) is 53.0 Å². The van der Waals surface area contributed by atoms with Crippen LogP contribution in [0.25, 0.3) is 0 Å². The molecular formula is C18H16BrNO3. The molecule has 0 bridgehead atoms. The van der Waals surface area contributed by atoms with E-state index in [4.69, 9.17) is 4.74 Å². The summed E-state index contributed by atoms with van der Waals surface area (Å²) in [7, 11) is 0. The summed E-state index contributed by atoms with van der Waals surface area (Å²) in [6.07, 6.45) is 1.01. The zero-order valence-electron chi connectivity index (χ0n) is 12.5. The number of fused-ring (bicyclic) bond motifs is 1. The second kappa shape index (κ2) is 6.96. The SMILES string of the molecule is O=C(Cc1ccc(Br)cc1)OCC(=O)N1CCc2ccccc21. The molecule has 2 aromatic carbocycles. The first-order valence-corrected chi connectivity index (χ1v) is 8.21. The first kappa shape index (κ1) is 15.7. The molecule has 0 aromatic heterocycles. The number of hydrogen-bond donors (Lipinski definition) is 0. The van der Waals surface area contributed by atoms with Gasteiger partial charge in [0, 0.05) is 16.7 Å². The van der Waals surface area contributed by atoms with Crippen LogP contribution >= 0.6 is 15.9 Å². The highest BCUT2D eigenvalue weighted by Gasteiger charge is 2.24. The van der Waals surface area contributed by atoms with E-state index in [0.717, 1.165) is 27.7 Å². The summed E-state index contributed by atoms with van der Waals surface area (Å²) in [5, 5.41) is 0. The van der Waals surface area contributed by atoms with Crippen molar-refractivity contribution in [2.45, 2.75) is 12.8 Å². The zero-order valence-corrected chi connectivity index (χ0v) is 14.1. The van der Waals surface area contributed by atoms with Gasteiger partial charge >= 0.3 is 5.97 Å². The summed E-state index contributed by atoms with van der Waals surface area (Å²) in [4.78, 5) is 25.8. The van der Waals surface area contributed by atoms with Gasteiger partial charge in [0.1, 0.15) is 0 Å². The van der Waals surface area contributed by atoms with Crippen molar-refractivity contribution in [3.63, 3.8) is 0 Å². The molecule has 4 nitrogen and oxygen atoms in total. The van der Waals surface area contributed by atoms with Crippen molar-refractivity contribution in [2.75, 3.05) is 18.1 Å². The van der Waals surface area contributed by atoms with Gasteiger partial charge in [0.25, 0.3) is 5.91 Å². The van der Waals surface area contributed by atoms with E-state index in [1.54, 1.807) is 4.90 Å². The smallest absolute Gasteiger partial charge is 0.310 e. The summed E-state index contributed by atoms with van der Waals surface area (Å²) < 4.78 is 6.08. The number of para-hydroxylation sites is 1. The maximum Gasteiger partial charge on any atom is 0.310 e. The minimum atomic E-state index is -0.395. The topological polar surface area (TPSA) is 46.6 Å². The first-order valence-electron chi connectivity index (χ1n) is 7.42. The number of anilines is 1. The Kier molecular flexibility index (Phi) is 4.76. The third-order valence-corrected chi connectivity index (χ3v) is 4.34. The first-order chi connectivity index (χ1) is 11.1. The second-order valence-corrected chi connectivity index (χ2v) is 6.30. The van der Waals surface area contributed by atoms with E-state index in [2.05, 4.69) is 15.9 Å². The van der Waals surface area contributed by atoms with Crippen molar-refractivity contribution in [1.82, 2.24) is 0 Å². The molecule has 0 saturated carbocycles. The average molecular weight is 374 g/mol. The van der Waals surface area contributed by atoms with E-state index in [1.165, 1.54) is 0 Å². The lowest BCUT2D eigenvalue weighted by molar-refractivity contribution is -0.147. The Morgan fingerprint density at radius 2 is 1.83 bits per heavy atom. The average Bonchev–Trinajstić information content (AvgIpc) is 2.99. The number of carbonyl (C=O) groups excluding carboxylic acids is 2. The number of esters is 1. The highest BCUT2D eigenvalue weighted by molar-refractivity contribution is 9.10. The Morgan fingerprint density at radius 3 is 2.61 bits per heavy atom. The third-order valence-electron chi connectivity index (χ3n) is 3.81. The highest BCUT2D eigenvalue weighted by Crippen LogP contribution is 2.27. The number of amides is 1. The minimum absolute atomic E-state index is 0.164. The van der Waals surface area contributed by atoms with Gasteiger partial charge < -0.3 is 9.64 Å². The third kappa shape index (κ3) is 3.79. The maximum atomic E-state index is 12.3. The molecule has 0 aliphatic carbocycles. The molecule has 1 amide bonds. The van der Waals surface area contributed by atoms with Crippen molar-refractivity contribution in [1.29, 1.82) is 0 Å². The van der Waals surface area contributed by atoms with Gasteiger partial charge in [0.15, 0.2) is 6.61 Å². The van der Waals surface area contributed by atoms with Gasteiger partial charge in [-0.1, -0.05) is 46.3 Å². The van der Waals surface area contributed by atoms with Crippen LogP contribution in [0.5, 0.6) is 0 Å². The molecule has 3 rings (SSSR count). The van der Waals surface area contributed by atoms with Gasteiger partial charge in [0.05, 0.1) is 6.42 Å². The highest BCUT2D eigenvalue weighted by atomic mass is 79.9. The number of ether oxygens (including phenoxy) is 1.